The van der Waals surface area contributed by atoms with Gasteiger partial charge < -0.3 is 14.7 Å². The number of aromatic nitrogens is 1. The molecule has 5 nitrogen and oxygen atoms in total. The highest BCUT2D eigenvalue weighted by Crippen LogP contribution is 2.21. The van der Waals surface area contributed by atoms with E-state index >= 15 is 0 Å². The molecule has 0 radical (unpaired) electrons. The number of nitrogens with one attached hydrogen (secondary N) is 1. The van der Waals surface area contributed by atoms with E-state index in [9.17, 15) is 4.79 Å². The third kappa shape index (κ3) is 3.04. The van der Waals surface area contributed by atoms with E-state index in [4.69, 9.17) is 4.52 Å². The second kappa shape index (κ2) is 6.75. The topological polar surface area (TPSA) is 58.4 Å². The number of rotatable bonds is 5. The van der Waals surface area contributed by atoms with Crippen molar-refractivity contribution in [3.05, 3.63) is 42.2 Å². The molecule has 1 unspecified atom stereocenters. The van der Waals surface area contributed by atoms with Crippen LogP contribution in [0.5, 0.6) is 0 Å². The molecule has 1 aliphatic rings. The van der Waals surface area contributed by atoms with Crippen LogP contribution in [0.1, 0.15) is 30.3 Å². The summed E-state index contributed by atoms with van der Waals surface area (Å²) in [6.45, 7) is 4.64. The molecule has 5 heteroatoms. The smallest absolute Gasteiger partial charge is 0.292 e. The number of carbonyl (C=O) groups excluding carboxylic acids is 1. The van der Waals surface area contributed by atoms with E-state index in [1.807, 2.05) is 35.2 Å². The normalized spacial score (nSPS) is 17.6. The summed E-state index contributed by atoms with van der Waals surface area (Å²) < 4.78 is 5.31. The summed E-state index contributed by atoms with van der Waals surface area (Å²) in [4.78, 5) is 14.6. The SMILES string of the molecule is CCCN(C(=O)c1cc(-c2ccccc2)no1)C1CCNC1. The summed E-state index contributed by atoms with van der Waals surface area (Å²) in [7, 11) is 0. The minimum atomic E-state index is -0.0646. The van der Waals surface area contributed by atoms with Crippen LogP contribution in [0, 0.1) is 0 Å². The van der Waals surface area contributed by atoms with Crippen LogP contribution in [0.4, 0.5) is 0 Å². The lowest BCUT2D eigenvalue weighted by atomic mass is 10.1. The van der Waals surface area contributed by atoms with Gasteiger partial charge in [-0.15, -0.1) is 0 Å². The summed E-state index contributed by atoms with van der Waals surface area (Å²) in [6.07, 6.45) is 1.92. The van der Waals surface area contributed by atoms with Crippen molar-refractivity contribution in [1.29, 1.82) is 0 Å². The van der Waals surface area contributed by atoms with E-state index in [2.05, 4.69) is 17.4 Å². The largest absolute Gasteiger partial charge is 0.350 e. The van der Waals surface area contributed by atoms with Crippen LogP contribution in [-0.4, -0.2) is 41.6 Å². The summed E-state index contributed by atoms with van der Waals surface area (Å²) in [5.74, 6) is 0.254. The van der Waals surface area contributed by atoms with Gasteiger partial charge in [-0.25, -0.2) is 0 Å². The minimum absolute atomic E-state index is 0.0646. The van der Waals surface area contributed by atoms with E-state index in [1.54, 1.807) is 6.07 Å². The summed E-state index contributed by atoms with van der Waals surface area (Å²) in [6, 6.07) is 11.7. The van der Waals surface area contributed by atoms with Crippen molar-refractivity contribution in [2.24, 2.45) is 0 Å². The van der Waals surface area contributed by atoms with Gasteiger partial charge in [-0.05, 0) is 19.4 Å². The van der Waals surface area contributed by atoms with Gasteiger partial charge in [0.05, 0.1) is 0 Å². The average molecular weight is 299 g/mol. The van der Waals surface area contributed by atoms with Gasteiger partial charge in [-0.2, -0.15) is 0 Å². The Morgan fingerprint density at radius 2 is 2.23 bits per heavy atom. The predicted octanol–water partition coefficient (Wildman–Crippen LogP) is 2.56. The highest BCUT2D eigenvalue weighted by molar-refractivity contribution is 5.92. The summed E-state index contributed by atoms with van der Waals surface area (Å²) in [5.41, 5.74) is 1.65. The molecule has 2 aromatic rings. The van der Waals surface area contributed by atoms with E-state index in [-0.39, 0.29) is 11.9 Å². The molecule has 2 heterocycles. The fraction of sp³-hybridized carbons (Fsp3) is 0.412. The summed E-state index contributed by atoms with van der Waals surface area (Å²) in [5, 5.41) is 7.35. The van der Waals surface area contributed by atoms with Crippen LogP contribution in [-0.2, 0) is 0 Å². The van der Waals surface area contributed by atoms with E-state index in [1.165, 1.54) is 0 Å². The molecule has 1 atom stereocenters. The monoisotopic (exact) mass is 299 g/mol. The van der Waals surface area contributed by atoms with E-state index < -0.39 is 0 Å². The quantitative estimate of drug-likeness (QED) is 0.922. The van der Waals surface area contributed by atoms with Gasteiger partial charge in [0.1, 0.15) is 5.69 Å². The lowest BCUT2D eigenvalue weighted by Gasteiger charge is -2.26. The minimum Gasteiger partial charge on any atom is -0.350 e. The Bertz CT molecular complexity index is 618. The molecule has 1 N–H and O–H groups in total. The van der Waals surface area contributed by atoms with Crippen LogP contribution in [0.15, 0.2) is 40.9 Å². The molecule has 3 rings (SSSR count). The van der Waals surface area contributed by atoms with Crippen molar-refractivity contribution in [2.75, 3.05) is 19.6 Å². The molecule has 1 aromatic heterocycles. The Labute approximate surface area is 130 Å². The Balaban J connectivity index is 1.80. The maximum atomic E-state index is 12.7. The Kier molecular flexibility index (Phi) is 4.53. The van der Waals surface area contributed by atoms with Gasteiger partial charge in [0.25, 0.3) is 5.91 Å². The van der Waals surface area contributed by atoms with Crippen LogP contribution < -0.4 is 5.32 Å². The van der Waals surface area contributed by atoms with Gasteiger partial charge in [-0.3, -0.25) is 4.79 Å². The fourth-order valence-electron chi connectivity index (χ4n) is 2.86. The maximum absolute atomic E-state index is 12.7. The van der Waals surface area contributed by atoms with Crippen molar-refractivity contribution < 1.29 is 9.32 Å². The van der Waals surface area contributed by atoms with Crippen LogP contribution in [0.3, 0.4) is 0 Å². The molecule has 1 aliphatic heterocycles. The predicted molar refractivity (Wildman–Crippen MR) is 84.5 cm³/mol. The molecule has 1 aromatic carbocycles. The molecule has 1 fully saturated rings. The van der Waals surface area contributed by atoms with Crippen molar-refractivity contribution in [3.63, 3.8) is 0 Å². The molecule has 0 bridgehead atoms. The molecule has 1 saturated heterocycles. The van der Waals surface area contributed by atoms with Crippen molar-refractivity contribution in [2.45, 2.75) is 25.8 Å². The van der Waals surface area contributed by atoms with Crippen LogP contribution in [0.25, 0.3) is 11.3 Å². The molecule has 0 spiro atoms. The fourth-order valence-corrected chi connectivity index (χ4v) is 2.86. The van der Waals surface area contributed by atoms with Crippen molar-refractivity contribution >= 4 is 5.91 Å². The zero-order valence-corrected chi connectivity index (χ0v) is 12.8. The molecule has 1 amide bonds. The van der Waals surface area contributed by atoms with Gasteiger partial charge in [0, 0.05) is 30.8 Å². The number of benzene rings is 1. The number of hydrogen-bond donors (Lipinski definition) is 1. The first-order valence-electron chi connectivity index (χ1n) is 7.83. The Morgan fingerprint density at radius 3 is 2.91 bits per heavy atom. The zero-order valence-electron chi connectivity index (χ0n) is 12.8. The first-order valence-corrected chi connectivity index (χ1v) is 7.83. The zero-order chi connectivity index (χ0) is 15.4. The second-order valence-corrected chi connectivity index (χ2v) is 5.59. The standard InChI is InChI=1S/C17H21N3O2/c1-2-10-20(14-8-9-18-12-14)17(21)16-11-15(19-22-16)13-6-4-3-5-7-13/h3-7,11,14,18H,2,8-10,12H2,1H3. The molecular formula is C17H21N3O2. The molecule has 0 aliphatic carbocycles. The van der Waals surface area contributed by atoms with Crippen LogP contribution >= 0.6 is 0 Å². The lowest BCUT2D eigenvalue weighted by molar-refractivity contribution is 0.0650. The van der Waals surface area contributed by atoms with E-state index in [0.717, 1.165) is 38.0 Å². The van der Waals surface area contributed by atoms with Gasteiger partial charge in [0.2, 0.25) is 5.76 Å². The number of carbonyl (C=O) groups is 1. The van der Waals surface area contributed by atoms with Gasteiger partial charge in [-0.1, -0.05) is 42.4 Å². The van der Waals surface area contributed by atoms with E-state index in [0.29, 0.717) is 11.5 Å². The highest BCUT2D eigenvalue weighted by atomic mass is 16.5. The molecule has 22 heavy (non-hydrogen) atoms. The molecule has 116 valence electrons. The first-order chi connectivity index (χ1) is 10.8. The highest BCUT2D eigenvalue weighted by Gasteiger charge is 2.29. The molecule has 0 saturated carbocycles. The van der Waals surface area contributed by atoms with Gasteiger partial charge in [0.15, 0.2) is 0 Å². The first kappa shape index (κ1) is 14.8. The lowest BCUT2D eigenvalue weighted by Crippen LogP contribution is -2.41. The van der Waals surface area contributed by atoms with Crippen LogP contribution in [0.2, 0.25) is 0 Å². The average Bonchev–Trinajstić information content (AvgIpc) is 3.24. The van der Waals surface area contributed by atoms with Crippen molar-refractivity contribution in [1.82, 2.24) is 15.4 Å². The third-order valence-electron chi connectivity index (χ3n) is 3.99. The summed E-state index contributed by atoms with van der Waals surface area (Å²) >= 11 is 0. The Morgan fingerprint density at radius 1 is 1.41 bits per heavy atom. The number of hydrogen-bond acceptors (Lipinski definition) is 4. The Hall–Kier alpha value is -2.14. The third-order valence-corrected chi connectivity index (χ3v) is 3.99. The van der Waals surface area contributed by atoms with Crippen molar-refractivity contribution in [3.8, 4) is 11.3 Å². The van der Waals surface area contributed by atoms with Gasteiger partial charge >= 0.3 is 0 Å². The number of nitrogens with zero attached hydrogens (tertiary/aromatic N) is 2. The number of amides is 1. The maximum Gasteiger partial charge on any atom is 0.292 e. The molecular weight excluding hydrogens is 278 g/mol. The second-order valence-electron chi connectivity index (χ2n) is 5.59.